The number of fused-ring (bicyclic) bond motifs is 3. The highest BCUT2D eigenvalue weighted by molar-refractivity contribution is 5.89. The SMILES string of the molecule is Cc1cnc(CN(C)C(=O)C(CC(=O)O)NC(=O)OCC2c3ccccc3-c3ccccc32)[nH]1. The molecular weight excluding hydrogens is 436 g/mol. The van der Waals surface area contributed by atoms with Gasteiger partial charge in [0.05, 0.1) is 13.0 Å². The molecule has 34 heavy (non-hydrogen) atoms. The molecule has 2 aromatic carbocycles. The number of alkyl carbamates (subject to hydrolysis) is 1. The summed E-state index contributed by atoms with van der Waals surface area (Å²) in [6.07, 6.45) is 0.228. The summed E-state index contributed by atoms with van der Waals surface area (Å²) < 4.78 is 5.47. The van der Waals surface area contributed by atoms with E-state index in [9.17, 15) is 19.5 Å². The Hall–Kier alpha value is -4.14. The van der Waals surface area contributed by atoms with Gasteiger partial charge in [0.15, 0.2) is 0 Å². The number of rotatable bonds is 8. The van der Waals surface area contributed by atoms with Crippen molar-refractivity contribution in [2.24, 2.45) is 0 Å². The molecule has 1 aromatic heterocycles. The number of aliphatic carboxylic acids is 1. The van der Waals surface area contributed by atoms with Crippen LogP contribution in [0.15, 0.2) is 54.7 Å². The third-order valence-corrected chi connectivity index (χ3v) is 5.83. The smallest absolute Gasteiger partial charge is 0.407 e. The number of aromatic nitrogens is 2. The first kappa shape index (κ1) is 23.0. The van der Waals surface area contributed by atoms with Crippen LogP contribution in [-0.4, -0.2) is 57.6 Å². The summed E-state index contributed by atoms with van der Waals surface area (Å²) >= 11 is 0. The highest BCUT2D eigenvalue weighted by Crippen LogP contribution is 2.44. The molecule has 3 N–H and O–H groups in total. The van der Waals surface area contributed by atoms with E-state index in [1.807, 2.05) is 55.5 Å². The number of carbonyl (C=O) groups excluding carboxylic acids is 2. The number of benzene rings is 2. The molecule has 1 atom stereocenters. The van der Waals surface area contributed by atoms with Crippen molar-refractivity contribution < 1.29 is 24.2 Å². The van der Waals surface area contributed by atoms with Crippen molar-refractivity contribution in [2.45, 2.75) is 31.8 Å². The summed E-state index contributed by atoms with van der Waals surface area (Å²) in [6.45, 7) is 2.05. The average Bonchev–Trinajstić information content (AvgIpc) is 3.37. The van der Waals surface area contributed by atoms with Crippen LogP contribution in [0.1, 0.15) is 35.0 Å². The van der Waals surface area contributed by atoms with E-state index in [-0.39, 0.29) is 19.1 Å². The van der Waals surface area contributed by atoms with Crippen LogP contribution in [0.2, 0.25) is 0 Å². The predicted molar refractivity (Wildman–Crippen MR) is 124 cm³/mol. The summed E-state index contributed by atoms with van der Waals surface area (Å²) in [4.78, 5) is 45.3. The van der Waals surface area contributed by atoms with Gasteiger partial charge in [0.25, 0.3) is 0 Å². The van der Waals surface area contributed by atoms with Crippen LogP contribution in [0, 0.1) is 6.92 Å². The molecule has 1 aliphatic rings. The van der Waals surface area contributed by atoms with Crippen molar-refractivity contribution in [2.75, 3.05) is 13.7 Å². The van der Waals surface area contributed by atoms with Crippen molar-refractivity contribution in [3.8, 4) is 11.1 Å². The van der Waals surface area contributed by atoms with E-state index < -0.39 is 30.4 Å². The number of hydrogen-bond donors (Lipinski definition) is 3. The number of likely N-dealkylation sites (N-methyl/N-ethyl adjacent to an activating group) is 1. The molecule has 176 valence electrons. The lowest BCUT2D eigenvalue weighted by Gasteiger charge is -2.23. The molecule has 0 saturated carbocycles. The first-order valence-electron chi connectivity index (χ1n) is 10.9. The fourth-order valence-electron chi connectivity index (χ4n) is 4.27. The maximum Gasteiger partial charge on any atom is 0.407 e. The van der Waals surface area contributed by atoms with Gasteiger partial charge in [-0.2, -0.15) is 0 Å². The van der Waals surface area contributed by atoms with Crippen molar-refractivity contribution in [3.63, 3.8) is 0 Å². The van der Waals surface area contributed by atoms with Crippen LogP contribution in [0.3, 0.4) is 0 Å². The molecule has 9 heteroatoms. The maximum absolute atomic E-state index is 12.9. The summed E-state index contributed by atoms with van der Waals surface area (Å²) in [5.74, 6) is -1.34. The largest absolute Gasteiger partial charge is 0.481 e. The van der Waals surface area contributed by atoms with Crippen molar-refractivity contribution >= 4 is 18.0 Å². The average molecular weight is 463 g/mol. The molecule has 0 fully saturated rings. The molecule has 0 bridgehead atoms. The lowest BCUT2D eigenvalue weighted by atomic mass is 9.98. The summed E-state index contributed by atoms with van der Waals surface area (Å²) in [7, 11) is 1.52. The first-order chi connectivity index (χ1) is 16.3. The lowest BCUT2D eigenvalue weighted by Crippen LogP contribution is -2.48. The molecule has 1 aliphatic carbocycles. The Morgan fingerprint density at radius 3 is 2.29 bits per heavy atom. The Labute approximate surface area is 196 Å². The van der Waals surface area contributed by atoms with Crippen LogP contribution < -0.4 is 5.32 Å². The van der Waals surface area contributed by atoms with Crippen LogP contribution >= 0.6 is 0 Å². The van der Waals surface area contributed by atoms with Crippen LogP contribution in [-0.2, 0) is 20.9 Å². The standard InChI is InChI=1S/C25H26N4O5/c1-15-12-26-22(27-15)13-29(2)24(32)21(11-23(30)31)28-25(33)34-14-20-18-9-5-3-7-16(18)17-8-4-6-10-19(17)20/h3-10,12,20-21H,11,13-14H2,1-2H3,(H,26,27)(H,28,33)(H,30,31). The van der Waals surface area contributed by atoms with Gasteiger partial charge >= 0.3 is 12.1 Å². The minimum Gasteiger partial charge on any atom is -0.481 e. The van der Waals surface area contributed by atoms with Gasteiger partial charge in [-0.1, -0.05) is 48.5 Å². The fraction of sp³-hybridized carbons (Fsp3) is 0.280. The fourth-order valence-corrected chi connectivity index (χ4v) is 4.27. The molecule has 0 aliphatic heterocycles. The van der Waals surface area contributed by atoms with E-state index in [4.69, 9.17) is 4.74 Å². The number of H-pyrrole nitrogens is 1. The Morgan fingerprint density at radius 2 is 1.74 bits per heavy atom. The monoisotopic (exact) mass is 462 g/mol. The van der Waals surface area contributed by atoms with E-state index in [1.165, 1.54) is 11.9 Å². The number of hydrogen-bond acceptors (Lipinski definition) is 5. The Balaban J connectivity index is 1.41. The molecular formula is C25H26N4O5. The number of carboxylic acid groups (broad SMARTS) is 1. The Morgan fingerprint density at radius 1 is 1.12 bits per heavy atom. The Bertz CT molecular complexity index is 1180. The van der Waals surface area contributed by atoms with Crippen molar-refractivity contribution in [1.29, 1.82) is 0 Å². The van der Waals surface area contributed by atoms with Crippen LogP contribution in [0.5, 0.6) is 0 Å². The molecule has 4 rings (SSSR count). The van der Waals surface area contributed by atoms with Gasteiger partial charge in [0.2, 0.25) is 5.91 Å². The van der Waals surface area contributed by atoms with E-state index in [0.717, 1.165) is 27.9 Å². The van der Waals surface area contributed by atoms with Crippen LogP contribution in [0.4, 0.5) is 4.79 Å². The number of aromatic amines is 1. The third kappa shape index (κ3) is 4.93. The van der Waals surface area contributed by atoms with Gasteiger partial charge in [-0.05, 0) is 29.2 Å². The second kappa shape index (κ2) is 9.78. The van der Waals surface area contributed by atoms with Gasteiger partial charge in [-0.3, -0.25) is 9.59 Å². The van der Waals surface area contributed by atoms with E-state index >= 15 is 0 Å². The number of carboxylic acids is 1. The quantitative estimate of drug-likeness (QED) is 0.473. The van der Waals surface area contributed by atoms with Gasteiger partial charge in [-0.25, -0.2) is 9.78 Å². The second-order valence-corrected chi connectivity index (χ2v) is 8.33. The number of aryl methyl sites for hydroxylation is 1. The minimum absolute atomic E-state index is 0.0648. The molecule has 0 saturated heterocycles. The number of ether oxygens (including phenoxy) is 1. The predicted octanol–water partition coefficient (Wildman–Crippen LogP) is 3.06. The van der Waals surface area contributed by atoms with E-state index in [0.29, 0.717) is 5.82 Å². The molecule has 0 spiro atoms. The number of nitrogens with one attached hydrogen (secondary N) is 2. The summed E-state index contributed by atoms with van der Waals surface area (Å²) in [5, 5.41) is 11.7. The molecule has 1 heterocycles. The molecule has 3 aromatic rings. The molecule has 1 unspecified atom stereocenters. The zero-order valence-electron chi connectivity index (χ0n) is 18.9. The lowest BCUT2D eigenvalue weighted by molar-refractivity contribution is -0.142. The highest BCUT2D eigenvalue weighted by atomic mass is 16.5. The minimum atomic E-state index is -1.27. The van der Waals surface area contributed by atoms with Gasteiger partial charge in [0.1, 0.15) is 18.5 Å². The summed E-state index contributed by atoms with van der Waals surface area (Å²) in [6, 6.07) is 14.6. The van der Waals surface area contributed by atoms with Gasteiger partial charge in [-0.15, -0.1) is 0 Å². The second-order valence-electron chi connectivity index (χ2n) is 8.33. The number of nitrogens with zero attached hydrogens (tertiary/aromatic N) is 2. The van der Waals surface area contributed by atoms with Gasteiger partial charge in [0, 0.05) is 24.9 Å². The van der Waals surface area contributed by atoms with Crippen molar-refractivity contribution in [3.05, 3.63) is 77.4 Å². The highest BCUT2D eigenvalue weighted by Gasteiger charge is 2.31. The van der Waals surface area contributed by atoms with Crippen molar-refractivity contribution in [1.82, 2.24) is 20.2 Å². The topological polar surface area (TPSA) is 125 Å². The number of carbonyl (C=O) groups is 3. The number of imidazole rings is 1. The molecule has 0 radical (unpaired) electrons. The van der Waals surface area contributed by atoms with E-state index in [2.05, 4.69) is 15.3 Å². The third-order valence-electron chi connectivity index (χ3n) is 5.83. The van der Waals surface area contributed by atoms with Crippen LogP contribution in [0.25, 0.3) is 11.1 Å². The Kier molecular flexibility index (Phi) is 6.62. The first-order valence-corrected chi connectivity index (χ1v) is 10.9. The number of amides is 2. The zero-order valence-corrected chi connectivity index (χ0v) is 18.9. The van der Waals surface area contributed by atoms with E-state index in [1.54, 1.807) is 6.20 Å². The van der Waals surface area contributed by atoms with Gasteiger partial charge < -0.3 is 25.0 Å². The normalized spacial score (nSPS) is 13.0. The maximum atomic E-state index is 12.9. The zero-order chi connectivity index (χ0) is 24.2. The molecule has 2 amide bonds. The summed E-state index contributed by atoms with van der Waals surface area (Å²) in [5.41, 5.74) is 5.16. The molecule has 9 nitrogen and oxygen atoms in total.